The van der Waals surface area contributed by atoms with Gasteiger partial charge in [0.1, 0.15) is 9.52 Å². The number of pyridine rings is 1. The highest BCUT2D eigenvalue weighted by molar-refractivity contribution is 6.53. The second-order valence-electron chi connectivity index (χ2n) is 4.82. The highest BCUT2D eigenvalue weighted by atomic mass is 28.2. The lowest BCUT2D eigenvalue weighted by Gasteiger charge is -2.25. The summed E-state index contributed by atoms with van der Waals surface area (Å²) in [7, 11) is 2.52. The minimum Gasteiger partial charge on any atom is -0.385 e. The summed E-state index contributed by atoms with van der Waals surface area (Å²) < 4.78 is 5.63. The van der Waals surface area contributed by atoms with Gasteiger partial charge in [-0.05, 0) is 24.5 Å². The zero-order valence-corrected chi connectivity index (χ0v) is 11.6. The van der Waals surface area contributed by atoms with E-state index in [1.807, 2.05) is 19.4 Å². The van der Waals surface area contributed by atoms with Crippen molar-refractivity contribution in [3.05, 3.63) is 24.4 Å². The summed E-state index contributed by atoms with van der Waals surface area (Å²) in [5, 5.41) is 1.18. The van der Waals surface area contributed by atoms with Crippen molar-refractivity contribution in [2.24, 2.45) is 5.92 Å². The van der Waals surface area contributed by atoms with Crippen LogP contribution in [0.4, 0.5) is 0 Å². The summed E-state index contributed by atoms with van der Waals surface area (Å²) in [5.41, 5.74) is 0.369. The molecule has 1 saturated carbocycles. The molecule has 2 radical (unpaired) electrons. The van der Waals surface area contributed by atoms with Crippen molar-refractivity contribution in [2.45, 2.75) is 44.3 Å². The fourth-order valence-electron chi connectivity index (χ4n) is 2.55. The first-order valence-electron chi connectivity index (χ1n) is 6.59. The number of rotatable bonds is 5. The van der Waals surface area contributed by atoms with Crippen LogP contribution in [-0.4, -0.2) is 27.3 Å². The van der Waals surface area contributed by atoms with Crippen molar-refractivity contribution in [1.29, 1.82) is 0 Å². The quantitative estimate of drug-likeness (QED) is 0.745. The minimum atomic E-state index is 0.369. The third-order valence-electron chi connectivity index (χ3n) is 3.53. The Morgan fingerprint density at radius 1 is 1.35 bits per heavy atom. The molecule has 1 heterocycles. The molecule has 1 aromatic rings. The van der Waals surface area contributed by atoms with Gasteiger partial charge in [0.05, 0.1) is 5.73 Å². The highest BCUT2D eigenvalue weighted by Gasteiger charge is 2.19. The summed E-state index contributed by atoms with van der Waals surface area (Å²) in [4.78, 5) is 4.39. The van der Waals surface area contributed by atoms with Crippen LogP contribution in [0.25, 0.3) is 0 Å². The molecule has 1 fully saturated rings. The second kappa shape index (κ2) is 6.92. The van der Waals surface area contributed by atoms with Gasteiger partial charge < -0.3 is 4.74 Å². The summed E-state index contributed by atoms with van der Waals surface area (Å²) in [6.07, 6.45) is 10.1. The molecule has 92 valence electrons. The van der Waals surface area contributed by atoms with Crippen molar-refractivity contribution >= 4 is 14.8 Å². The van der Waals surface area contributed by atoms with Crippen LogP contribution in [0.5, 0.6) is 0 Å². The molecular weight excluding hydrogens is 226 g/mol. The normalized spacial score (nSPS) is 19.1. The van der Waals surface area contributed by atoms with Gasteiger partial charge in [-0.25, -0.2) is 0 Å². The molecule has 0 bridgehead atoms. The smallest absolute Gasteiger partial charge is 0.145 e. The number of ether oxygens (including phenoxy) is 1. The van der Waals surface area contributed by atoms with E-state index in [4.69, 9.17) is 4.74 Å². The van der Waals surface area contributed by atoms with E-state index >= 15 is 0 Å². The molecule has 17 heavy (non-hydrogen) atoms. The third kappa shape index (κ3) is 4.24. The van der Waals surface area contributed by atoms with E-state index in [2.05, 4.69) is 17.1 Å². The van der Waals surface area contributed by atoms with Gasteiger partial charge in [0.15, 0.2) is 0 Å². The molecule has 0 amide bonds. The molecule has 1 aromatic heterocycles. The van der Waals surface area contributed by atoms with E-state index < -0.39 is 0 Å². The number of methoxy groups -OCH3 is 1. The molecule has 1 atom stereocenters. The van der Waals surface area contributed by atoms with Gasteiger partial charge in [0, 0.05) is 18.6 Å². The van der Waals surface area contributed by atoms with E-state index in [-0.39, 0.29) is 0 Å². The summed E-state index contributed by atoms with van der Waals surface area (Å²) >= 11 is 0. The van der Waals surface area contributed by atoms with Crippen LogP contribution >= 0.6 is 0 Å². The van der Waals surface area contributed by atoms with Crippen LogP contribution in [0.2, 0.25) is 0 Å². The molecule has 0 aromatic carbocycles. The van der Waals surface area contributed by atoms with Crippen LogP contribution in [0, 0.1) is 5.92 Å². The Morgan fingerprint density at radius 2 is 2.18 bits per heavy atom. The Kier molecular flexibility index (Phi) is 5.20. The fraction of sp³-hybridized carbons (Fsp3) is 0.643. The molecule has 1 aliphatic carbocycles. The second-order valence-corrected chi connectivity index (χ2v) is 6.27. The maximum absolute atomic E-state index is 5.63. The lowest BCUT2D eigenvalue weighted by molar-refractivity contribution is 0.131. The highest BCUT2D eigenvalue weighted by Crippen LogP contribution is 2.27. The van der Waals surface area contributed by atoms with Gasteiger partial charge in [-0.15, -0.1) is 0 Å². The molecule has 0 saturated heterocycles. The van der Waals surface area contributed by atoms with Gasteiger partial charge in [0.2, 0.25) is 0 Å². The van der Waals surface area contributed by atoms with Crippen molar-refractivity contribution in [3.63, 3.8) is 0 Å². The van der Waals surface area contributed by atoms with Gasteiger partial charge in [-0.3, -0.25) is 4.98 Å². The topological polar surface area (TPSA) is 22.1 Å². The van der Waals surface area contributed by atoms with E-state index in [1.165, 1.54) is 43.8 Å². The van der Waals surface area contributed by atoms with Crippen LogP contribution in [0.15, 0.2) is 24.4 Å². The first-order chi connectivity index (χ1) is 8.38. The molecule has 2 rings (SSSR count). The van der Waals surface area contributed by atoms with Crippen molar-refractivity contribution < 1.29 is 4.74 Å². The zero-order chi connectivity index (χ0) is 11.9. The van der Waals surface area contributed by atoms with Crippen LogP contribution in [0.1, 0.15) is 38.5 Å². The summed E-state index contributed by atoms with van der Waals surface area (Å²) in [5.74, 6) is 0.880. The summed E-state index contributed by atoms with van der Waals surface area (Å²) in [6.45, 7) is 0. The Hall–Kier alpha value is -0.673. The van der Waals surface area contributed by atoms with Gasteiger partial charge in [-0.1, -0.05) is 38.2 Å². The van der Waals surface area contributed by atoms with Crippen LogP contribution in [-0.2, 0) is 4.74 Å². The lowest BCUT2D eigenvalue weighted by Crippen LogP contribution is -2.33. The van der Waals surface area contributed by atoms with Crippen molar-refractivity contribution in [1.82, 2.24) is 4.98 Å². The van der Waals surface area contributed by atoms with Gasteiger partial charge in [-0.2, -0.15) is 0 Å². The maximum Gasteiger partial charge on any atom is 0.145 e. The summed E-state index contributed by atoms with van der Waals surface area (Å²) in [6, 6.07) is 6.13. The van der Waals surface area contributed by atoms with E-state index in [9.17, 15) is 0 Å². The predicted octanol–water partition coefficient (Wildman–Crippen LogP) is 2.35. The van der Waals surface area contributed by atoms with Crippen LogP contribution in [0.3, 0.4) is 0 Å². The van der Waals surface area contributed by atoms with E-state index in [0.29, 0.717) is 15.2 Å². The van der Waals surface area contributed by atoms with Gasteiger partial charge in [0.25, 0.3) is 0 Å². The molecular formula is C14H21NOSi. The first kappa shape index (κ1) is 12.8. The molecule has 0 spiro atoms. The van der Waals surface area contributed by atoms with Crippen LogP contribution < -0.4 is 5.32 Å². The predicted molar refractivity (Wildman–Crippen MR) is 71.6 cm³/mol. The Labute approximate surface area is 107 Å². The minimum absolute atomic E-state index is 0.369. The average molecular weight is 247 g/mol. The molecule has 2 nitrogen and oxygen atoms in total. The molecule has 0 N–H and O–H groups in total. The standard InChI is InChI=1S/C14H21NOSi/c1-16-14(11-12-7-3-2-4-8-12)17-13-9-5-6-10-15-13/h5-6,9-10,12,14H,2-4,7-8,11H2,1H3. The fourth-order valence-corrected chi connectivity index (χ4v) is 3.79. The van der Waals surface area contributed by atoms with Gasteiger partial charge >= 0.3 is 0 Å². The average Bonchev–Trinajstić information content (AvgIpc) is 2.40. The molecule has 1 aliphatic rings. The third-order valence-corrected chi connectivity index (χ3v) is 4.92. The first-order valence-corrected chi connectivity index (χ1v) is 7.66. The Morgan fingerprint density at radius 3 is 2.82 bits per heavy atom. The van der Waals surface area contributed by atoms with E-state index in [1.54, 1.807) is 0 Å². The zero-order valence-electron chi connectivity index (χ0n) is 10.6. The Bertz CT molecular complexity index is 311. The monoisotopic (exact) mass is 247 g/mol. The van der Waals surface area contributed by atoms with Crippen molar-refractivity contribution in [2.75, 3.05) is 7.11 Å². The Balaban J connectivity index is 1.83. The largest absolute Gasteiger partial charge is 0.385 e. The number of aromatic nitrogens is 1. The number of hydrogen-bond acceptors (Lipinski definition) is 2. The molecule has 3 heteroatoms. The SMILES string of the molecule is COC(CC1CCCCC1)[Si]c1ccccn1. The van der Waals surface area contributed by atoms with Crippen molar-refractivity contribution in [3.8, 4) is 0 Å². The number of nitrogens with zero attached hydrogens (tertiary/aromatic N) is 1. The maximum atomic E-state index is 5.63. The number of hydrogen-bond donors (Lipinski definition) is 0. The lowest BCUT2D eigenvalue weighted by atomic mass is 9.87. The molecule has 0 aliphatic heterocycles. The van der Waals surface area contributed by atoms with E-state index in [0.717, 1.165) is 5.92 Å². The molecule has 1 unspecified atom stereocenters.